The molecule has 0 aliphatic carbocycles. The molecule has 0 unspecified atom stereocenters. The van der Waals surface area contributed by atoms with Gasteiger partial charge in [0.25, 0.3) is 0 Å². The van der Waals surface area contributed by atoms with Crippen molar-refractivity contribution in [2.45, 2.75) is 58.6 Å². The topological polar surface area (TPSA) is 87.9 Å². The highest BCUT2D eigenvalue weighted by Crippen LogP contribution is 2.50. The Balaban J connectivity index is 2.30. The highest BCUT2D eigenvalue weighted by Gasteiger charge is 2.35. The predicted molar refractivity (Wildman–Crippen MR) is 102 cm³/mol. The lowest BCUT2D eigenvalue weighted by Crippen LogP contribution is -2.44. The number of benzene rings is 2. The van der Waals surface area contributed by atoms with E-state index < -0.39 is 17.5 Å². The molecule has 0 amide bonds. The Morgan fingerprint density at radius 3 is 2.33 bits per heavy atom. The maximum Gasteiger partial charge on any atom is 0.331 e. The van der Waals surface area contributed by atoms with Crippen LogP contribution in [0.5, 0.6) is 17.2 Å². The number of fused-ring (bicyclic) bond motifs is 3. The normalized spacial score (nSPS) is 15.6. The number of carbonyl (C=O) groups excluding carboxylic acids is 2. The zero-order valence-electron chi connectivity index (χ0n) is 16.3. The second-order valence-corrected chi connectivity index (χ2v) is 8.08. The molecular weight excluding hydrogens is 346 g/mol. The molecule has 0 atom stereocenters. The van der Waals surface area contributed by atoms with Crippen LogP contribution >= 0.6 is 0 Å². The van der Waals surface area contributed by atoms with Gasteiger partial charge in [-0.05, 0) is 40.5 Å². The summed E-state index contributed by atoms with van der Waals surface area (Å²) in [6.45, 7) is 8.47. The number of hydrogen-bond donors (Lipinski definition) is 1. The van der Waals surface area contributed by atoms with Crippen LogP contribution in [0.15, 0.2) is 24.3 Å². The Morgan fingerprint density at radius 2 is 1.74 bits per heavy atom. The zero-order valence-corrected chi connectivity index (χ0v) is 16.3. The quantitative estimate of drug-likeness (QED) is 0.656. The van der Waals surface area contributed by atoms with Crippen LogP contribution in [-0.2, 0) is 16.0 Å². The molecular formula is C21H25NO5. The second kappa shape index (κ2) is 6.53. The SMILES string of the molecule is CC(=O)Oc1c2c(c3ccccc3c1OC(=O)C(C)(C)N)OC(C)(C)CC2. The van der Waals surface area contributed by atoms with Gasteiger partial charge in [0.1, 0.15) is 16.9 Å². The zero-order chi connectivity index (χ0) is 20.0. The van der Waals surface area contributed by atoms with Crippen molar-refractivity contribution in [3.8, 4) is 17.2 Å². The predicted octanol–water partition coefficient (Wildman–Crippen LogP) is 3.51. The Kier molecular flexibility index (Phi) is 4.64. The molecule has 2 aromatic carbocycles. The molecule has 27 heavy (non-hydrogen) atoms. The van der Waals surface area contributed by atoms with E-state index in [-0.39, 0.29) is 17.1 Å². The van der Waals surface area contributed by atoms with Gasteiger partial charge in [-0.15, -0.1) is 0 Å². The minimum Gasteiger partial charge on any atom is -0.487 e. The van der Waals surface area contributed by atoms with Gasteiger partial charge >= 0.3 is 11.9 Å². The molecule has 6 nitrogen and oxygen atoms in total. The molecule has 1 heterocycles. The van der Waals surface area contributed by atoms with Crippen molar-refractivity contribution in [2.24, 2.45) is 5.73 Å². The van der Waals surface area contributed by atoms with E-state index in [0.717, 1.165) is 17.4 Å². The third-order valence-corrected chi connectivity index (χ3v) is 4.49. The van der Waals surface area contributed by atoms with Gasteiger partial charge in [-0.2, -0.15) is 0 Å². The third kappa shape index (κ3) is 3.76. The van der Waals surface area contributed by atoms with E-state index in [1.165, 1.54) is 6.92 Å². The van der Waals surface area contributed by atoms with Crippen molar-refractivity contribution in [3.63, 3.8) is 0 Å². The van der Waals surface area contributed by atoms with Gasteiger partial charge in [0.15, 0.2) is 11.5 Å². The summed E-state index contributed by atoms with van der Waals surface area (Å²) < 4.78 is 17.4. The summed E-state index contributed by atoms with van der Waals surface area (Å²) in [6.07, 6.45) is 1.37. The van der Waals surface area contributed by atoms with Crippen LogP contribution in [0, 0.1) is 0 Å². The highest BCUT2D eigenvalue weighted by atomic mass is 16.6. The van der Waals surface area contributed by atoms with Crippen LogP contribution < -0.4 is 19.9 Å². The molecule has 1 aliphatic rings. The van der Waals surface area contributed by atoms with Crippen molar-refractivity contribution >= 4 is 22.7 Å². The van der Waals surface area contributed by atoms with Crippen molar-refractivity contribution in [1.82, 2.24) is 0 Å². The first kappa shape index (κ1) is 19.2. The Hall–Kier alpha value is -2.60. The number of carbonyl (C=O) groups is 2. The minimum absolute atomic E-state index is 0.200. The molecule has 1 aliphatic heterocycles. The van der Waals surface area contributed by atoms with Crippen LogP contribution in [0.2, 0.25) is 0 Å². The first-order valence-corrected chi connectivity index (χ1v) is 8.96. The summed E-state index contributed by atoms with van der Waals surface area (Å²) in [4.78, 5) is 24.2. The Morgan fingerprint density at radius 1 is 1.11 bits per heavy atom. The highest BCUT2D eigenvalue weighted by molar-refractivity contribution is 6.00. The maximum atomic E-state index is 12.5. The van der Waals surface area contributed by atoms with Crippen molar-refractivity contribution in [3.05, 3.63) is 29.8 Å². The molecule has 3 rings (SSSR count). The number of esters is 2. The van der Waals surface area contributed by atoms with Crippen LogP contribution in [0.4, 0.5) is 0 Å². The lowest BCUT2D eigenvalue weighted by molar-refractivity contribution is -0.140. The first-order valence-electron chi connectivity index (χ1n) is 8.96. The number of nitrogens with two attached hydrogens (primary N) is 1. The molecule has 0 bridgehead atoms. The fourth-order valence-electron chi connectivity index (χ4n) is 3.08. The molecule has 0 saturated heterocycles. The van der Waals surface area contributed by atoms with E-state index >= 15 is 0 Å². The molecule has 0 radical (unpaired) electrons. The van der Waals surface area contributed by atoms with Crippen molar-refractivity contribution < 1.29 is 23.8 Å². The summed E-state index contributed by atoms with van der Waals surface area (Å²) in [5.74, 6) is -0.0275. The van der Waals surface area contributed by atoms with Crippen molar-refractivity contribution in [2.75, 3.05) is 0 Å². The van der Waals surface area contributed by atoms with Crippen LogP contribution in [0.1, 0.15) is 46.6 Å². The summed E-state index contributed by atoms with van der Waals surface area (Å²) >= 11 is 0. The molecule has 0 aromatic heterocycles. The summed E-state index contributed by atoms with van der Waals surface area (Å²) in [6, 6.07) is 7.42. The van der Waals surface area contributed by atoms with E-state index in [2.05, 4.69) is 0 Å². The lowest BCUT2D eigenvalue weighted by atomic mass is 9.91. The second-order valence-electron chi connectivity index (χ2n) is 8.08. The van der Waals surface area contributed by atoms with E-state index in [1.807, 2.05) is 32.0 Å². The summed E-state index contributed by atoms with van der Waals surface area (Å²) in [5, 5.41) is 1.43. The van der Waals surface area contributed by atoms with Crippen molar-refractivity contribution in [1.29, 1.82) is 0 Å². The smallest absolute Gasteiger partial charge is 0.331 e. The summed E-state index contributed by atoms with van der Waals surface area (Å²) in [5.41, 5.74) is 5.07. The fraction of sp³-hybridized carbons (Fsp3) is 0.429. The number of hydrogen-bond acceptors (Lipinski definition) is 6. The van der Waals surface area contributed by atoms with Crippen LogP contribution in [0.25, 0.3) is 10.8 Å². The van der Waals surface area contributed by atoms with Crippen LogP contribution in [-0.4, -0.2) is 23.1 Å². The lowest BCUT2D eigenvalue weighted by Gasteiger charge is -2.34. The molecule has 144 valence electrons. The van der Waals surface area contributed by atoms with Gasteiger partial charge in [0.2, 0.25) is 0 Å². The number of rotatable bonds is 3. The van der Waals surface area contributed by atoms with Crippen LogP contribution in [0.3, 0.4) is 0 Å². The average molecular weight is 371 g/mol. The minimum atomic E-state index is -1.19. The largest absolute Gasteiger partial charge is 0.487 e. The van der Waals surface area contributed by atoms with Gasteiger partial charge < -0.3 is 19.9 Å². The average Bonchev–Trinajstić information content (AvgIpc) is 2.55. The van der Waals surface area contributed by atoms with Gasteiger partial charge in [0.05, 0.1) is 0 Å². The van der Waals surface area contributed by atoms with E-state index in [1.54, 1.807) is 19.9 Å². The molecule has 0 fully saturated rings. The maximum absolute atomic E-state index is 12.5. The third-order valence-electron chi connectivity index (χ3n) is 4.49. The Labute approximate surface area is 158 Å². The monoisotopic (exact) mass is 371 g/mol. The fourth-order valence-corrected chi connectivity index (χ4v) is 3.08. The number of ether oxygens (including phenoxy) is 3. The standard InChI is InChI=1S/C21H25NO5/c1-12(23)25-18-15-10-11-20(2,3)27-16(15)13-8-6-7-9-14(13)17(18)26-19(24)21(4,5)22/h6-9H,10-11,22H2,1-5H3. The Bertz CT molecular complexity index is 924. The molecule has 0 saturated carbocycles. The van der Waals surface area contributed by atoms with Gasteiger partial charge in [-0.3, -0.25) is 4.79 Å². The van der Waals surface area contributed by atoms with Gasteiger partial charge in [-0.1, -0.05) is 24.3 Å². The van der Waals surface area contributed by atoms with Gasteiger partial charge in [-0.25, -0.2) is 4.79 Å². The van der Waals surface area contributed by atoms with E-state index in [4.69, 9.17) is 19.9 Å². The van der Waals surface area contributed by atoms with E-state index in [0.29, 0.717) is 17.6 Å². The first-order chi connectivity index (χ1) is 12.5. The van der Waals surface area contributed by atoms with E-state index in [9.17, 15) is 9.59 Å². The molecule has 2 N–H and O–H groups in total. The molecule has 0 spiro atoms. The molecule has 2 aromatic rings. The summed E-state index contributed by atoms with van der Waals surface area (Å²) in [7, 11) is 0. The molecule has 6 heteroatoms. The van der Waals surface area contributed by atoms with Gasteiger partial charge in [0, 0.05) is 23.3 Å².